The normalized spacial score (nSPS) is 15.2. The molecule has 1 amide bonds. The highest BCUT2D eigenvalue weighted by molar-refractivity contribution is 7.98. The quantitative estimate of drug-likeness (QED) is 0.390. The summed E-state index contributed by atoms with van der Waals surface area (Å²) in [6, 6.07) is 13.6. The van der Waals surface area contributed by atoms with Crippen molar-refractivity contribution in [3.63, 3.8) is 0 Å². The highest BCUT2D eigenvalue weighted by atomic mass is 32.2. The Morgan fingerprint density at radius 3 is 2.67 bits per heavy atom. The third-order valence-electron chi connectivity index (χ3n) is 5.51. The van der Waals surface area contributed by atoms with Gasteiger partial charge >= 0.3 is 0 Å². The number of amides is 1. The number of methoxy groups -OCH3 is 1. The minimum Gasteiger partial charge on any atom is -0.493 e. The Bertz CT molecular complexity index is 1240. The fraction of sp³-hybridized carbons (Fsp3) is 0.320. The van der Waals surface area contributed by atoms with Crippen LogP contribution in [0.25, 0.3) is 0 Å². The van der Waals surface area contributed by atoms with E-state index in [1.54, 1.807) is 7.11 Å². The molecule has 0 saturated heterocycles. The van der Waals surface area contributed by atoms with Gasteiger partial charge in [0.25, 0.3) is 5.56 Å². The molecule has 2 heterocycles. The Balaban J connectivity index is 1.66. The molecule has 33 heavy (non-hydrogen) atoms. The first-order chi connectivity index (χ1) is 15.9. The van der Waals surface area contributed by atoms with Crippen LogP contribution >= 0.6 is 11.8 Å². The number of carbonyl (C=O) groups excluding carboxylic acids is 1. The first-order valence-corrected chi connectivity index (χ1v) is 11.8. The van der Waals surface area contributed by atoms with E-state index in [0.29, 0.717) is 33.8 Å². The smallest absolute Gasteiger partial charge is 0.257 e. The number of nitrogens with one attached hydrogen (secondary N) is 2. The molecule has 0 fully saturated rings. The average molecular weight is 466 g/mol. The molecule has 1 aromatic heterocycles. The molecule has 7 nitrogen and oxygen atoms in total. The van der Waals surface area contributed by atoms with Gasteiger partial charge in [-0.2, -0.15) is 0 Å². The number of anilines is 1. The average Bonchev–Trinajstić information content (AvgIpc) is 2.77. The summed E-state index contributed by atoms with van der Waals surface area (Å²) in [6.07, 6.45) is 0.148. The van der Waals surface area contributed by atoms with Crippen LogP contribution in [0.2, 0.25) is 0 Å². The molecule has 1 atom stereocenters. The van der Waals surface area contributed by atoms with E-state index in [1.165, 1.54) is 22.9 Å². The molecular formula is C25H27N3O4S. The van der Waals surface area contributed by atoms with Crippen LogP contribution in [0.3, 0.4) is 0 Å². The standard InChI is InChI=1S/C25H27N3O4S/c1-14(2)32-19-10-9-16(11-20(19)31-4)18-12-21(29)26-23-22(18)24(30)28-25(27-23)33-13-17-8-6-5-7-15(17)3/h5-11,14,18H,12-13H2,1-4H3,(H2,26,27,28,29,30). The molecule has 8 heteroatoms. The fourth-order valence-electron chi connectivity index (χ4n) is 3.87. The SMILES string of the molecule is COc1cc(C2CC(=O)Nc3nc(SCc4ccccc4C)[nH]c(=O)c32)ccc1OC(C)C. The Hall–Kier alpha value is -3.26. The van der Waals surface area contributed by atoms with Crippen LogP contribution in [-0.2, 0) is 10.5 Å². The van der Waals surface area contributed by atoms with E-state index >= 15 is 0 Å². The number of ether oxygens (including phenoxy) is 2. The van der Waals surface area contributed by atoms with Crippen LogP contribution in [0.5, 0.6) is 11.5 Å². The Morgan fingerprint density at radius 2 is 1.94 bits per heavy atom. The molecule has 4 rings (SSSR count). The highest BCUT2D eigenvalue weighted by Gasteiger charge is 2.31. The molecule has 0 saturated carbocycles. The van der Waals surface area contributed by atoms with Crippen molar-refractivity contribution in [3.05, 3.63) is 75.1 Å². The van der Waals surface area contributed by atoms with Gasteiger partial charge < -0.3 is 19.8 Å². The number of aryl methyl sites for hydroxylation is 1. The van der Waals surface area contributed by atoms with Gasteiger partial charge in [0, 0.05) is 18.1 Å². The third kappa shape index (κ3) is 5.06. The summed E-state index contributed by atoms with van der Waals surface area (Å²) in [5.41, 5.74) is 3.35. The van der Waals surface area contributed by atoms with Crippen LogP contribution in [-0.4, -0.2) is 29.1 Å². The van der Waals surface area contributed by atoms with E-state index in [0.717, 1.165) is 5.56 Å². The molecule has 0 radical (unpaired) electrons. The van der Waals surface area contributed by atoms with E-state index < -0.39 is 5.92 Å². The van der Waals surface area contributed by atoms with Crippen molar-refractivity contribution in [3.8, 4) is 11.5 Å². The van der Waals surface area contributed by atoms with Crippen LogP contribution in [0.15, 0.2) is 52.4 Å². The summed E-state index contributed by atoms with van der Waals surface area (Å²) in [5.74, 6) is 1.55. The number of carbonyl (C=O) groups is 1. The predicted molar refractivity (Wildman–Crippen MR) is 129 cm³/mol. The number of nitrogens with zero attached hydrogens (tertiary/aromatic N) is 1. The Labute approximate surface area is 196 Å². The Kier molecular flexibility index (Phi) is 6.74. The molecule has 1 aliphatic heterocycles. The fourth-order valence-corrected chi connectivity index (χ4v) is 4.81. The third-order valence-corrected chi connectivity index (χ3v) is 6.43. The molecule has 0 bridgehead atoms. The molecule has 2 aromatic carbocycles. The first-order valence-electron chi connectivity index (χ1n) is 10.8. The van der Waals surface area contributed by atoms with Gasteiger partial charge in [0.05, 0.1) is 18.8 Å². The molecule has 2 N–H and O–H groups in total. The number of hydrogen-bond acceptors (Lipinski definition) is 6. The van der Waals surface area contributed by atoms with Gasteiger partial charge in [-0.3, -0.25) is 9.59 Å². The number of thioether (sulfide) groups is 1. The minimum atomic E-state index is -0.428. The number of aromatic amines is 1. The second-order valence-corrected chi connectivity index (χ2v) is 9.19. The van der Waals surface area contributed by atoms with Gasteiger partial charge in [0.2, 0.25) is 5.91 Å². The van der Waals surface area contributed by atoms with Crippen molar-refractivity contribution < 1.29 is 14.3 Å². The van der Waals surface area contributed by atoms with Crippen molar-refractivity contribution in [1.82, 2.24) is 9.97 Å². The summed E-state index contributed by atoms with van der Waals surface area (Å²) in [7, 11) is 1.57. The molecule has 0 aliphatic carbocycles. The second kappa shape index (κ2) is 9.70. The number of benzene rings is 2. The molecule has 172 valence electrons. The molecule has 0 spiro atoms. The van der Waals surface area contributed by atoms with E-state index in [9.17, 15) is 9.59 Å². The van der Waals surface area contributed by atoms with Crippen molar-refractivity contribution in [2.75, 3.05) is 12.4 Å². The molecular weight excluding hydrogens is 438 g/mol. The van der Waals surface area contributed by atoms with Crippen LogP contribution in [0.4, 0.5) is 5.82 Å². The zero-order chi connectivity index (χ0) is 23.5. The van der Waals surface area contributed by atoms with Crippen LogP contribution < -0.4 is 20.3 Å². The summed E-state index contributed by atoms with van der Waals surface area (Å²) in [6.45, 7) is 5.93. The van der Waals surface area contributed by atoms with Crippen molar-refractivity contribution in [2.24, 2.45) is 0 Å². The maximum atomic E-state index is 13.1. The zero-order valence-electron chi connectivity index (χ0n) is 19.1. The lowest BCUT2D eigenvalue weighted by Gasteiger charge is -2.25. The number of rotatable bonds is 7. The second-order valence-electron chi connectivity index (χ2n) is 8.23. The monoisotopic (exact) mass is 465 g/mol. The molecule has 1 unspecified atom stereocenters. The van der Waals surface area contributed by atoms with E-state index in [-0.39, 0.29) is 24.0 Å². The van der Waals surface area contributed by atoms with E-state index in [2.05, 4.69) is 34.3 Å². The number of H-pyrrole nitrogens is 1. The highest BCUT2D eigenvalue weighted by Crippen LogP contribution is 2.38. The summed E-state index contributed by atoms with van der Waals surface area (Å²) in [4.78, 5) is 33.1. The minimum absolute atomic E-state index is 0.00595. The van der Waals surface area contributed by atoms with Gasteiger partial charge in [-0.05, 0) is 49.6 Å². The summed E-state index contributed by atoms with van der Waals surface area (Å²) >= 11 is 1.43. The van der Waals surface area contributed by atoms with Gasteiger partial charge in [-0.15, -0.1) is 0 Å². The topological polar surface area (TPSA) is 93.3 Å². The number of aromatic nitrogens is 2. The predicted octanol–water partition coefficient (Wildman–Crippen LogP) is 4.64. The van der Waals surface area contributed by atoms with Gasteiger partial charge in [-0.25, -0.2) is 4.98 Å². The lowest BCUT2D eigenvalue weighted by Crippen LogP contribution is -2.31. The molecule has 1 aliphatic rings. The van der Waals surface area contributed by atoms with Crippen molar-refractivity contribution >= 4 is 23.5 Å². The lowest BCUT2D eigenvalue weighted by atomic mass is 9.86. The number of hydrogen-bond donors (Lipinski definition) is 2. The van der Waals surface area contributed by atoms with E-state index in [4.69, 9.17) is 9.47 Å². The van der Waals surface area contributed by atoms with Crippen LogP contribution in [0.1, 0.15) is 48.4 Å². The summed E-state index contributed by atoms with van der Waals surface area (Å²) < 4.78 is 11.3. The Morgan fingerprint density at radius 1 is 1.15 bits per heavy atom. The lowest BCUT2D eigenvalue weighted by molar-refractivity contribution is -0.116. The maximum absolute atomic E-state index is 13.1. The van der Waals surface area contributed by atoms with E-state index in [1.807, 2.05) is 44.2 Å². The molecule has 3 aromatic rings. The first kappa shape index (κ1) is 22.9. The van der Waals surface area contributed by atoms with Gasteiger partial charge in [0.1, 0.15) is 5.82 Å². The zero-order valence-corrected chi connectivity index (χ0v) is 19.9. The van der Waals surface area contributed by atoms with Gasteiger partial charge in [-0.1, -0.05) is 42.1 Å². The summed E-state index contributed by atoms with van der Waals surface area (Å²) in [5, 5.41) is 3.25. The van der Waals surface area contributed by atoms with Crippen LogP contribution in [0, 0.1) is 6.92 Å². The van der Waals surface area contributed by atoms with Crippen molar-refractivity contribution in [2.45, 2.75) is 50.1 Å². The van der Waals surface area contributed by atoms with Crippen molar-refractivity contribution in [1.29, 1.82) is 0 Å². The van der Waals surface area contributed by atoms with Gasteiger partial charge in [0.15, 0.2) is 16.7 Å². The largest absolute Gasteiger partial charge is 0.493 e. The maximum Gasteiger partial charge on any atom is 0.257 e. The number of fused-ring (bicyclic) bond motifs is 1.